The quantitative estimate of drug-likeness (QED) is 0.156. The third kappa shape index (κ3) is 7.00. The molecule has 0 N–H and O–H groups in total. The van der Waals surface area contributed by atoms with E-state index < -0.39 is 0 Å². The van der Waals surface area contributed by atoms with Crippen molar-refractivity contribution in [2.24, 2.45) is 11.3 Å². The van der Waals surface area contributed by atoms with E-state index in [1.165, 1.54) is 62.3 Å². The number of hydrogen-bond donors (Lipinski definition) is 0. The number of hydrogen-bond acceptors (Lipinski definition) is 2. The molecule has 2 aromatic heterocycles. The van der Waals surface area contributed by atoms with Crippen LogP contribution in [-0.2, 0) is 19.4 Å². The van der Waals surface area contributed by atoms with Gasteiger partial charge in [-0.05, 0) is 75.1 Å². The van der Waals surface area contributed by atoms with E-state index in [2.05, 4.69) is 115 Å². The number of aromatic nitrogens is 2. The smallest absolute Gasteiger partial charge is 0.0938 e. The molecule has 0 fully saturated rings. The fourth-order valence-electron chi connectivity index (χ4n) is 5.39. The van der Waals surface area contributed by atoms with Crippen molar-refractivity contribution in [3.05, 3.63) is 94.5 Å². The molecule has 0 aliphatic carbocycles. The van der Waals surface area contributed by atoms with Crippen molar-refractivity contribution in [3.8, 4) is 11.3 Å². The summed E-state index contributed by atoms with van der Waals surface area (Å²) >= 11 is 1.76. The molecule has 0 amide bonds. The number of nitrogens with zero attached hydrogens (tertiary/aromatic N) is 2. The van der Waals surface area contributed by atoms with Gasteiger partial charge in [-0.2, -0.15) is 0 Å². The average molecular weight is 541 g/mol. The topological polar surface area (TPSA) is 17.8 Å². The lowest BCUT2D eigenvalue weighted by Crippen LogP contribution is -2.16. The Kier molecular flexibility index (Phi) is 10.2. The molecule has 1 unspecified atom stereocenters. The summed E-state index contributed by atoms with van der Waals surface area (Å²) < 4.78 is 2.49. The second-order valence-electron chi connectivity index (χ2n) is 11.9. The van der Waals surface area contributed by atoms with E-state index in [4.69, 9.17) is 4.98 Å². The first-order chi connectivity index (χ1) is 18.4. The lowest BCUT2D eigenvalue weighted by molar-refractivity contribution is 0.329. The first-order valence-corrected chi connectivity index (χ1v) is 15.2. The van der Waals surface area contributed by atoms with Crippen molar-refractivity contribution in [2.75, 3.05) is 0 Å². The maximum Gasteiger partial charge on any atom is 0.0938 e. The number of fused-ring (bicyclic) bond motifs is 1. The van der Waals surface area contributed by atoms with Crippen LogP contribution in [0, 0.1) is 11.3 Å². The van der Waals surface area contributed by atoms with Crippen LogP contribution >= 0.6 is 11.3 Å². The SMILES string of the molecule is C=C/C=C\C(=C(C)C(=C)C)c1c(CC(C)(C)CCC)c2cc(-c3csc(CC(C)C(=C)C)n3)ccc2n1CC. The molecule has 0 saturated carbocycles. The monoisotopic (exact) mass is 540 g/mol. The van der Waals surface area contributed by atoms with Gasteiger partial charge >= 0.3 is 0 Å². The predicted octanol–water partition coefficient (Wildman–Crippen LogP) is 11.0. The van der Waals surface area contributed by atoms with Gasteiger partial charge in [-0.25, -0.2) is 4.98 Å². The maximum absolute atomic E-state index is 5.05. The van der Waals surface area contributed by atoms with E-state index in [9.17, 15) is 0 Å². The number of allylic oxidation sites excluding steroid dienone is 7. The van der Waals surface area contributed by atoms with Crippen molar-refractivity contribution >= 4 is 27.8 Å². The standard InChI is InChI=1S/C36H48N2S/c1-12-15-16-29(27(9)25(6)7)35-31(22-36(10,11)19-13-2)30-21-28(17-18-33(30)38(35)14-3)32-23-39-34(37-32)20-26(8)24(4)5/h12,15-18,21,23,26H,1,4,6,13-14,19-20,22H2,2-3,5,7-11H3/b16-15-,29-27?. The fourth-order valence-corrected chi connectivity index (χ4v) is 6.33. The van der Waals surface area contributed by atoms with E-state index in [-0.39, 0.29) is 5.41 Å². The van der Waals surface area contributed by atoms with Crippen LogP contribution in [0.2, 0.25) is 0 Å². The summed E-state index contributed by atoms with van der Waals surface area (Å²) in [6, 6.07) is 6.93. The van der Waals surface area contributed by atoms with Gasteiger partial charge in [0.05, 0.1) is 16.4 Å². The summed E-state index contributed by atoms with van der Waals surface area (Å²) in [5.41, 5.74) is 11.2. The summed E-state index contributed by atoms with van der Waals surface area (Å²) in [5, 5.41) is 4.72. The minimum absolute atomic E-state index is 0.184. The summed E-state index contributed by atoms with van der Waals surface area (Å²) in [6.45, 7) is 31.2. The van der Waals surface area contributed by atoms with Crippen molar-refractivity contribution < 1.29 is 0 Å². The van der Waals surface area contributed by atoms with E-state index >= 15 is 0 Å². The largest absolute Gasteiger partial charge is 0.341 e. The van der Waals surface area contributed by atoms with Gasteiger partial charge in [0.15, 0.2) is 0 Å². The molecule has 2 nitrogen and oxygen atoms in total. The number of rotatable bonds is 13. The van der Waals surface area contributed by atoms with Crippen LogP contribution in [0.1, 0.15) is 84.5 Å². The lowest BCUT2D eigenvalue weighted by Gasteiger charge is -2.25. The Balaban J connectivity index is 2.31. The molecular formula is C36H48N2S. The minimum Gasteiger partial charge on any atom is -0.341 e. The Morgan fingerprint density at radius 2 is 1.87 bits per heavy atom. The normalized spacial score (nSPS) is 13.6. The van der Waals surface area contributed by atoms with Gasteiger partial charge in [-0.15, -0.1) is 11.3 Å². The Labute approximate surface area is 241 Å². The summed E-state index contributed by atoms with van der Waals surface area (Å²) in [4.78, 5) is 5.05. The molecule has 3 heteroatoms. The van der Waals surface area contributed by atoms with E-state index in [1.54, 1.807) is 11.3 Å². The highest BCUT2D eigenvalue weighted by Crippen LogP contribution is 2.41. The Hall–Kier alpha value is -2.91. The fraction of sp³-hybridized carbons (Fsp3) is 0.417. The zero-order chi connectivity index (χ0) is 28.9. The highest BCUT2D eigenvalue weighted by atomic mass is 32.1. The van der Waals surface area contributed by atoms with Gasteiger partial charge in [0, 0.05) is 40.4 Å². The van der Waals surface area contributed by atoms with Gasteiger partial charge < -0.3 is 4.57 Å². The molecule has 0 bridgehead atoms. The molecule has 3 rings (SSSR count). The van der Waals surface area contributed by atoms with Gasteiger partial charge in [0.2, 0.25) is 0 Å². The van der Waals surface area contributed by atoms with Gasteiger partial charge in [0.1, 0.15) is 0 Å². The van der Waals surface area contributed by atoms with Crippen LogP contribution in [0.5, 0.6) is 0 Å². The van der Waals surface area contributed by atoms with Crippen LogP contribution in [-0.4, -0.2) is 9.55 Å². The summed E-state index contributed by atoms with van der Waals surface area (Å²) in [7, 11) is 0. The molecule has 1 atom stereocenters. The van der Waals surface area contributed by atoms with Crippen LogP contribution < -0.4 is 0 Å². The molecule has 1 aromatic carbocycles. The molecule has 2 heterocycles. The second-order valence-corrected chi connectivity index (χ2v) is 12.8. The molecule has 3 aromatic rings. The third-order valence-electron chi connectivity index (χ3n) is 7.93. The van der Waals surface area contributed by atoms with Crippen molar-refractivity contribution in [1.29, 1.82) is 0 Å². The van der Waals surface area contributed by atoms with Crippen molar-refractivity contribution in [2.45, 2.75) is 87.6 Å². The molecule has 0 radical (unpaired) electrons. The molecule has 0 saturated heterocycles. The molecule has 0 aliphatic rings. The van der Waals surface area contributed by atoms with Crippen molar-refractivity contribution in [1.82, 2.24) is 9.55 Å². The molecule has 0 spiro atoms. The second kappa shape index (κ2) is 13.0. The first kappa shape index (κ1) is 30.6. The molecule has 0 aliphatic heterocycles. The van der Waals surface area contributed by atoms with Crippen LogP contribution in [0.15, 0.2) is 78.3 Å². The summed E-state index contributed by atoms with van der Waals surface area (Å²) in [6.07, 6.45) is 10.4. The van der Waals surface area contributed by atoms with E-state index in [0.717, 1.165) is 30.7 Å². The zero-order valence-electron chi connectivity index (χ0n) is 25.6. The van der Waals surface area contributed by atoms with Crippen LogP contribution in [0.25, 0.3) is 27.7 Å². The highest BCUT2D eigenvalue weighted by Gasteiger charge is 2.26. The van der Waals surface area contributed by atoms with E-state index in [1.807, 2.05) is 6.08 Å². The number of benzene rings is 1. The molecule has 208 valence electrons. The third-order valence-corrected chi connectivity index (χ3v) is 8.81. The van der Waals surface area contributed by atoms with Crippen molar-refractivity contribution in [3.63, 3.8) is 0 Å². The first-order valence-electron chi connectivity index (χ1n) is 14.4. The Morgan fingerprint density at radius 1 is 1.15 bits per heavy atom. The number of aryl methyl sites for hydroxylation is 1. The van der Waals surface area contributed by atoms with Crippen LogP contribution in [0.3, 0.4) is 0 Å². The zero-order valence-corrected chi connectivity index (χ0v) is 26.4. The molecule has 39 heavy (non-hydrogen) atoms. The van der Waals surface area contributed by atoms with Gasteiger partial charge in [0.25, 0.3) is 0 Å². The average Bonchev–Trinajstić information content (AvgIpc) is 3.46. The number of thiazole rings is 1. The van der Waals surface area contributed by atoms with Gasteiger partial charge in [-0.1, -0.05) is 89.3 Å². The Bertz CT molecular complexity index is 1420. The van der Waals surface area contributed by atoms with Gasteiger partial charge in [-0.3, -0.25) is 0 Å². The molecular weight excluding hydrogens is 492 g/mol. The minimum atomic E-state index is 0.184. The predicted molar refractivity (Wildman–Crippen MR) is 176 cm³/mol. The maximum atomic E-state index is 5.05. The summed E-state index contributed by atoms with van der Waals surface area (Å²) in [5.74, 6) is 0.436. The lowest BCUT2D eigenvalue weighted by atomic mass is 9.80. The van der Waals surface area contributed by atoms with Crippen LogP contribution in [0.4, 0.5) is 0 Å². The Morgan fingerprint density at radius 3 is 2.46 bits per heavy atom. The van der Waals surface area contributed by atoms with E-state index in [0.29, 0.717) is 5.92 Å². The highest BCUT2D eigenvalue weighted by molar-refractivity contribution is 7.09.